The van der Waals surface area contributed by atoms with Gasteiger partial charge in [0.05, 0.1) is 0 Å². The molecule has 0 spiro atoms. The molecule has 24 heavy (non-hydrogen) atoms. The van der Waals surface area contributed by atoms with Crippen LogP contribution in [0.25, 0.3) is 10.9 Å². The minimum absolute atomic E-state index is 0.101. The number of aromatic amines is 1. The van der Waals surface area contributed by atoms with Gasteiger partial charge in [-0.05, 0) is 44.7 Å². The van der Waals surface area contributed by atoms with Crippen LogP contribution in [-0.4, -0.2) is 35.6 Å². The predicted molar refractivity (Wildman–Crippen MR) is 93.9 cm³/mol. The fourth-order valence-corrected chi connectivity index (χ4v) is 3.27. The highest BCUT2D eigenvalue weighted by Gasteiger charge is 2.26. The molecule has 1 fully saturated rings. The van der Waals surface area contributed by atoms with E-state index in [4.69, 9.17) is 0 Å². The summed E-state index contributed by atoms with van der Waals surface area (Å²) in [5, 5.41) is 9.65. The van der Waals surface area contributed by atoms with Crippen molar-refractivity contribution in [3.8, 4) is 0 Å². The van der Waals surface area contributed by atoms with Crippen molar-refractivity contribution in [2.75, 3.05) is 6.54 Å². The van der Waals surface area contributed by atoms with E-state index in [-0.39, 0.29) is 18.0 Å². The molecule has 6 heteroatoms. The van der Waals surface area contributed by atoms with Crippen molar-refractivity contribution in [1.29, 1.82) is 0 Å². The maximum atomic E-state index is 12.0. The molecule has 0 saturated carbocycles. The van der Waals surface area contributed by atoms with Crippen LogP contribution < -0.4 is 16.0 Å². The van der Waals surface area contributed by atoms with Gasteiger partial charge in [0.2, 0.25) is 5.91 Å². The summed E-state index contributed by atoms with van der Waals surface area (Å²) in [6.45, 7) is 4.54. The van der Waals surface area contributed by atoms with Gasteiger partial charge in [-0.3, -0.25) is 4.79 Å². The lowest BCUT2D eigenvalue weighted by Crippen LogP contribution is -2.55. The van der Waals surface area contributed by atoms with Crippen molar-refractivity contribution in [3.63, 3.8) is 0 Å². The van der Waals surface area contributed by atoms with Crippen LogP contribution in [-0.2, 0) is 11.2 Å². The Morgan fingerprint density at radius 3 is 2.88 bits per heavy atom. The number of carbonyl (C=O) groups excluding carboxylic acids is 2. The van der Waals surface area contributed by atoms with Crippen molar-refractivity contribution in [2.24, 2.45) is 0 Å². The minimum atomic E-state index is -0.434. The SMILES string of the molecule is Cc1[nH]c2ccccc2c1CCNC(=O)NC1CCC(C)NC1=O. The fraction of sp³-hybridized carbons (Fsp3) is 0.444. The van der Waals surface area contributed by atoms with Crippen LogP contribution in [0.15, 0.2) is 24.3 Å². The molecule has 0 bridgehead atoms. The second kappa shape index (κ2) is 6.95. The second-order valence-corrected chi connectivity index (χ2v) is 6.46. The van der Waals surface area contributed by atoms with Crippen molar-refractivity contribution in [2.45, 2.75) is 45.2 Å². The molecule has 2 unspecified atom stereocenters. The van der Waals surface area contributed by atoms with E-state index >= 15 is 0 Å². The standard InChI is InChI=1S/C18H24N4O2/c1-11-7-8-16(17(23)20-11)22-18(24)19-10-9-13-12(2)21-15-6-4-3-5-14(13)15/h3-6,11,16,21H,7-10H2,1-2H3,(H,20,23)(H2,19,22,24). The number of amides is 3. The van der Waals surface area contributed by atoms with Crippen molar-refractivity contribution < 1.29 is 9.59 Å². The number of urea groups is 1. The summed E-state index contributed by atoms with van der Waals surface area (Å²) in [7, 11) is 0. The summed E-state index contributed by atoms with van der Waals surface area (Å²) in [5.74, 6) is -0.101. The van der Waals surface area contributed by atoms with Gasteiger partial charge >= 0.3 is 6.03 Å². The molecule has 4 N–H and O–H groups in total. The average Bonchev–Trinajstić information content (AvgIpc) is 2.86. The normalized spacial score (nSPS) is 20.7. The fourth-order valence-electron chi connectivity index (χ4n) is 3.27. The Balaban J connectivity index is 1.51. The summed E-state index contributed by atoms with van der Waals surface area (Å²) < 4.78 is 0. The van der Waals surface area contributed by atoms with Gasteiger partial charge in [-0.15, -0.1) is 0 Å². The molecule has 0 radical (unpaired) electrons. The topological polar surface area (TPSA) is 86.0 Å². The van der Waals surface area contributed by atoms with Gasteiger partial charge in [-0.25, -0.2) is 4.79 Å². The Labute approximate surface area is 141 Å². The summed E-state index contributed by atoms with van der Waals surface area (Å²) in [4.78, 5) is 27.2. The zero-order chi connectivity index (χ0) is 17.1. The van der Waals surface area contributed by atoms with E-state index in [1.807, 2.05) is 26.0 Å². The molecule has 1 aromatic heterocycles. The first-order valence-corrected chi connectivity index (χ1v) is 8.45. The molecular weight excluding hydrogens is 304 g/mol. The minimum Gasteiger partial charge on any atom is -0.358 e. The number of hydrogen-bond donors (Lipinski definition) is 4. The van der Waals surface area contributed by atoms with Gasteiger partial charge in [-0.2, -0.15) is 0 Å². The molecule has 0 aliphatic carbocycles. The molecule has 1 saturated heterocycles. The average molecular weight is 328 g/mol. The first kappa shape index (κ1) is 16.4. The third kappa shape index (κ3) is 3.53. The summed E-state index contributed by atoms with van der Waals surface area (Å²) in [5.41, 5.74) is 3.46. The molecule has 1 aliphatic rings. The molecule has 128 valence electrons. The van der Waals surface area contributed by atoms with E-state index < -0.39 is 6.04 Å². The zero-order valence-electron chi connectivity index (χ0n) is 14.1. The van der Waals surface area contributed by atoms with E-state index in [2.05, 4.69) is 33.1 Å². The Morgan fingerprint density at radius 2 is 2.08 bits per heavy atom. The van der Waals surface area contributed by atoms with E-state index in [9.17, 15) is 9.59 Å². The third-order valence-electron chi connectivity index (χ3n) is 4.59. The van der Waals surface area contributed by atoms with Crippen LogP contribution in [0.4, 0.5) is 4.79 Å². The van der Waals surface area contributed by atoms with Crippen LogP contribution in [0, 0.1) is 6.92 Å². The lowest BCUT2D eigenvalue weighted by Gasteiger charge is -2.27. The predicted octanol–water partition coefficient (Wildman–Crippen LogP) is 1.99. The van der Waals surface area contributed by atoms with Crippen LogP contribution in [0.5, 0.6) is 0 Å². The second-order valence-electron chi connectivity index (χ2n) is 6.46. The maximum absolute atomic E-state index is 12.0. The highest BCUT2D eigenvalue weighted by molar-refractivity contribution is 5.88. The lowest BCUT2D eigenvalue weighted by atomic mass is 10.0. The molecule has 2 aromatic rings. The first-order chi connectivity index (χ1) is 11.5. The Hall–Kier alpha value is -2.50. The van der Waals surface area contributed by atoms with Crippen LogP contribution in [0.3, 0.4) is 0 Å². The number of H-pyrrole nitrogens is 1. The number of aromatic nitrogens is 1. The number of benzene rings is 1. The van der Waals surface area contributed by atoms with Crippen LogP contribution >= 0.6 is 0 Å². The van der Waals surface area contributed by atoms with Crippen molar-refractivity contribution >= 4 is 22.8 Å². The largest absolute Gasteiger partial charge is 0.358 e. The molecule has 6 nitrogen and oxygen atoms in total. The van der Waals surface area contributed by atoms with Gasteiger partial charge in [0, 0.05) is 29.2 Å². The Bertz CT molecular complexity index is 753. The number of piperidine rings is 1. The van der Waals surface area contributed by atoms with E-state index in [0.717, 1.165) is 24.1 Å². The number of rotatable bonds is 4. The molecule has 1 aromatic carbocycles. The van der Waals surface area contributed by atoms with Gasteiger partial charge in [-0.1, -0.05) is 18.2 Å². The molecule has 3 rings (SSSR count). The molecule has 2 atom stereocenters. The molecular formula is C18H24N4O2. The Kier molecular flexibility index (Phi) is 4.74. The van der Waals surface area contributed by atoms with E-state index in [1.165, 1.54) is 10.9 Å². The van der Waals surface area contributed by atoms with Gasteiger partial charge in [0.25, 0.3) is 0 Å². The quantitative estimate of drug-likeness (QED) is 0.692. The zero-order valence-corrected chi connectivity index (χ0v) is 14.1. The number of nitrogens with one attached hydrogen (secondary N) is 4. The summed E-state index contributed by atoms with van der Waals surface area (Å²) in [6, 6.07) is 7.61. The lowest BCUT2D eigenvalue weighted by molar-refractivity contribution is -0.125. The summed E-state index contributed by atoms with van der Waals surface area (Å²) in [6.07, 6.45) is 2.31. The van der Waals surface area contributed by atoms with Gasteiger partial charge in [0.15, 0.2) is 0 Å². The number of carbonyl (C=O) groups is 2. The van der Waals surface area contributed by atoms with Crippen LogP contribution in [0.2, 0.25) is 0 Å². The number of hydrogen-bond acceptors (Lipinski definition) is 2. The van der Waals surface area contributed by atoms with Gasteiger partial charge < -0.3 is 20.9 Å². The van der Waals surface area contributed by atoms with E-state index in [0.29, 0.717) is 13.0 Å². The smallest absolute Gasteiger partial charge is 0.315 e. The molecule has 3 amide bonds. The van der Waals surface area contributed by atoms with E-state index in [1.54, 1.807) is 0 Å². The van der Waals surface area contributed by atoms with Gasteiger partial charge in [0.1, 0.15) is 6.04 Å². The number of aryl methyl sites for hydroxylation is 1. The van der Waals surface area contributed by atoms with Crippen LogP contribution in [0.1, 0.15) is 31.0 Å². The maximum Gasteiger partial charge on any atom is 0.315 e. The molecule has 1 aliphatic heterocycles. The monoisotopic (exact) mass is 328 g/mol. The number of fused-ring (bicyclic) bond motifs is 1. The number of para-hydroxylation sites is 1. The Morgan fingerprint density at radius 1 is 1.29 bits per heavy atom. The third-order valence-corrected chi connectivity index (χ3v) is 4.59. The first-order valence-electron chi connectivity index (χ1n) is 8.45. The summed E-state index contributed by atoms with van der Waals surface area (Å²) >= 11 is 0. The molecule has 2 heterocycles. The highest BCUT2D eigenvalue weighted by atomic mass is 16.2. The van der Waals surface area contributed by atoms with Crippen molar-refractivity contribution in [3.05, 3.63) is 35.5 Å². The highest BCUT2D eigenvalue weighted by Crippen LogP contribution is 2.21. The van der Waals surface area contributed by atoms with Crippen molar-refractivity contribution in [1.82, 2.24) is 20.9 Å².